The van der Waals surface area contributed by atoms with Crippen molar-refractivity contribution in [3.8, 4) is 0 Å². The van der Waals surface area contributed by atoms with Crippen molar-refractivity contribution in [2.45, 2.75) is 6.18 Å². The Morgan fingerprint density at radius 1 is 1.19 bits per heavy atom. The molecule has 7 heteroatoms. The highest BCUT2D eigenvalue weighted by atomic mass is 32.1. The van der Waals surface area contributed by atoms with Crippen LogP contribution in [-0.4, -0.2) is 37.6 Å². The highest BCUT2D eigenvalue weighted by molar-refractivity contribution is 7.15. The van der Waals surface area contributed by atoms with Gasteiger partial charge in [-0.1, -0.05) is 36.9 Å². The molecule has 0 atom stereocenters. The summed E-state index contributed by atoms with van der Waals surface area (Å²) in [5, 5.41) is 2.51. The lowest BCUT2D eigenvalue weighted by molar-refractivity contribution is -0.136. The standard InChI is InChI=1S/C19H19F3N2OS/c1-13(14-7-5-4-6-8-14)11-15(24(3)12-19(20,21)22)16-9-10-17(26-16)18(25)23-2/h4-11H,1,12H2,2-3H3,(H,23,25)/b15-11-. The van der Waals surface area contributed by atoms with E-state index in [2.05, 4.69) is 11.9 Å². The van der Waals surface area contributed by atoms with Gasteiger partial charge in [-0.05, 0) is 29.3 Å². The van der Waals surface area contributed by atoms with E-state index in [1.165, 1.54) is 14.1 Å². The molecule has 0 aliphatic heterocycles. The smallest absolute Gasteiger partial charge is 0.365 e. The zero-order chi connectivity index (χ0) is 19.3. The van der Waals surface area contributed by atoms with E-state index in [1.807, 2.05) is 30.3 Å². The Kier molecular flexibility index (Phi) is 6.26. The van der Waals surface area contributed by atoms with Gasteiger partial charge < -0.3 is 10.2 Å². The van der Waals surface area contributed by atoms with Crippen molar-refractivity contribution in [3.63, 3.8) is 0 Å². The van der Waals surface area contributed by atoms with Gasteiger partial charge in [0.25, 0.3) is 5.91 Å². The Labute approximate surface area is 154 Å². The molecule has 2 rings (SSSR count). The average molecular weight is 380 g/mol. The number of thiophene rings is 1. The highest BCUT2D eigenvalue weighted by Crippen LogP contribution is 2.31. The summed E-state index contributed by atoms with van der Waals surface area (Å²) in [5.41, 5.74) is 1.76. The molecule has 1 aromatic heterocycles. The van der Waals surface area contributed by atoms with Gasteiger partial charge in [-0.25, -0.2) is 0 Å². The predicted octanol–water partition coefficient (Wildman–Crippen LogP) is 4.66. The third kappa shape index (κ3) is 5.23. The number of halogens is 3. The summed E-state index contributed by atoms with van der Waals surface area (Å²) in [4.78, 5) is 13.9. The summed E-state index contributed by atoms with van der Waals surface area (Å²) in [6.45, 7) is 2.87. The fourth-order valence-electron chi connectivity index (χ4n) is 2.34. The van der Waals surface area contributed by atoms with E-state index in [4.69, 9.17) is 0 Å². The molecule has 2 aromatic rings. The van der Waals surface area contributed by atoms with Crippen molar-refractivity contribution in [3.05, 3.63) is 70.4 Å². The topological polar surface area (TPSA) is 32.3 Å². The van der Waals surface area contributed by atoms with E-state index in [0.717, 1.165) is 21.8 Å². The molecule has 1 aromatic carbocycles. The lowest BCUT2D eigenvalue weighted by atomic mass is 10.1. The van der Waals surface area contributed by atoms with Crippen LogP contribution < -0.4 is 5.32 Å². The molecule has 0 fully saturated rings. The Hall–Kier alpha value is -2.54. The second kappa shape index (κ2) is 8.23. The first kappa shape index (κ1) is 19.8. The van der Waals surface area contributed by atoms with Gasteiger partial charge in [-0.3, -0.25) is 4.79 Å². The van der Waals surface area contributed by atoms with Gasteiger partial charge in [0.2, 0.25) is 0 Å². The number of nitrogens with zero attached hydrogens (tertiary/aromatic N) is 1. The van der Waals surface area contributed by atoms with Crippen LogP contribution in [0.1, 0.15) is 20.1 Å². The third-order valence-electron chi connectivity index (χ3n) is 3.59. The Bertz CT molecular complexity index is 810. The van der Waals surface area contributed by atoms with Crippen molar-refractivity contribution in [2.24, 2.45) is 0 Å². The second-order valence-electron chi connectivity index (χ2n) is 5.64. The number of nitrogens with one attached hydrogen (secondary N) is 1. The van der Waals surface area contributed by atoms with Gasteiger partial charge in [-0.15, -0.1) is 11.3 Å². The number of allylic oxidation sites excluding steroid dienone is 2. The van der Waals surface area contributed by atoms with Crippen molar-refractivity contribution in [1.29, 1.82) is 0 Å². The molecular weight excluding hydrogens is 361 g/mol. The summed E-state index contributed by atoms with van der Waals surface area (Å²) in [6.07, 6.45) is -2.73. The average Bonchev–Trinajstić information content (AvgIpc) is 3.07. The number of carbonyl (C=O) groups excluding carboxylic acids is 1. The Balaban J connectivity index is 2.42. The van der Waals surface area contributed by atoms with Crippen LogP contribution in [0, 0.1) is 0 Å². The molecular formula is C19H19F3N2OS. The zero-order valence-corrected chi connectivity index (χ0v) is 15.2. The van der Waals surface area contributed by atoms with Crippen LogP contribution >= 0.6 is 11.3 Å². The van der Waals surface area contributed by atoms with Crippen LogP contribution in [0.5, 0.6) is 0 Å². The predicted molar refractivity (Wildman–Crippen MR) is 99.8 cm³/mol. The Morgan fingerprint density at radius 3 is 2.38 bits per heavy atom. The Morgan fingerprint density at radius 2 is 1.81 bits per heavy atom. The van der Waals surface area contributed by atoms with E-state index < -0.39 is 12.7 Å². The first-order valence-corrected chi connectivity index (χ1v) is 8.59. The van der Waals surface area contributed by atoms with Crippen LogP contribution in [0.25, 0.3) is 11.3 Å². The molecule has 0 spiro atoms. The number of carbonyl (C=O) groups is 1. The normalized spacial score (nSPS) is 12.0. The quantitative estimate of drug-likeness (QED) is 0.740. The maximum atomic E-state index is 12.9. The lowest BCUT2D eigenvalue weighted by Gasteiger charge is -2.23. The van der Waals surface area contributed by atoms with Crippen LogP contribution in [0.2, 0.25) is 0 Å². The minimum atomic E-state index is -4.34. The highest BCUT2D eigenvalue weighted by Gasteiger charge is 2.30. The first-order valence-electron chi connectivity index (χ1n) is 7.77. The van der Waals surface area contributed by atoms with Crippen molar-refractivity contribution in [1.82, 2.24) is 10.2 Å². The number of benzene rings is 1. The summed E-state index contributed by atoms with van der Waals surface area (Å²) in [6, 6.07) is 12.4. The monoisotopic (exact) mass is 380 g/mol. The molecule has 138 valence electrons. The maximum absolute atomic E-state index is 12.9. The van der Waals surface area contributed by atoms with Gasteiger partial charge in [0.15, 0.2) is 0 Å². The molecule has 1 amide bonds. The summed E-state index contributed by atoms with van der Waals surface area (Å²) >= 11 is 1.13. The molecule has 0 bridgehead atoms. The largest absolute Gasteiger partial charge is 0.405 e. The molecule has 3 nitrogen and oxygen atoms in total. The fraction of sp³-hybridized carbons (Fsp3) is 0.211. The summed E-state index contributed by atoms with van der Waals surface area (Å²) in [7, 11) is 2.88. The maximum Gasteiger partial charge on any atom is 0.405 e. The first-order chi connectivity index (χ1) is 12.2. The van der Waals surface area contributed by atoms with Crippen LogP contribution in [0.4, 0.5) is 13.2 Å². The summed E-state index contributed by atoms with van der Waals surface area (Å²) in [5.74, 6) is -0.277. The van der Waals surface area contributed by atoms with Gasteiger partial charge >= 0.3 is 6.18 Å². The van der Waals surface area contributed by atoms with E-state index in [0.29, 0.717) is 21.0 Å². The molecule has 0 unspecified atom stereocenters. The molecule has 0 aliphatic rings. The number of hydrogen-bond acceptors (Lipinski definition) is 3. The van der Waals surface area contributed by atoms with Crippen LogP contribution in [-0.2, 0) is 0 Å². The fourth-order valence-corrected chi connectivity index (χ4v) is 3.37. The summed E-state index contributed by atoms with van der Waals surface area (Å²) < 4.78 is 38.6. The van der Waals surface area contributed by atoms with E-state index in [9.17, 15) is 18.0 Å². The molecule has 0 saturated heterocycles. The van der Waals surface area contributed by atoms with Crippen molar-refractivity contribution >= 4 is 28.5 Å². The van der Waals surface area contributed by atoms with Crippen LogP contribution in [0.15, 0.2) is 55.1 Å². The van der Waals surface area contributed by atoms with Gasteiger partial charge in [0, 0.05) is 14.1 Å². The number of alkyl halides is 3. The molecule has 26 heavy (non-hydrogen) atoms. The van der Waals surface area contributed by atoms with E-state index >= 15 is 0 Å². The molecule has 0 radical (unpaired) electrons. The van der Waals surface area contributed by atoms with Gasteiger partial charge in [-0.2, -0.15) is 13.2 Å². The second-order valence-corrected chi connectivity index (χ2v) is 6.72. The van der Waals surface area contributed by atoms with Gasteiger partial charge in [0.05, 0.1) is 15.5 Å². The number of amides is 1. The third-order valence-corrected chi connectivity index (χ3v) is 4.70. The number of rotatable bonds is 6. The molecule has 1 heterocycles. The molecule has 0 saturated carbocycles. The van der Waals surface area contributed by atoms with E-state index in [1.54, 1.807) is 18.2 Å². The SMILES string of the molecule is C=C(/C=C(/c1ccc(C(=O)NC)s1)N(C)CC(F)(F)F)c1ccccc1. The number of hydrogen-bond donors (Lipinski definition) is 1. The van der Waals surface area contributed by atoms with Crippen molar-refractivity contribution in [2.75, 3.05) is 20.6 Å². The van der Waals surface area contributed by atoms with E-state index in [-0.39, 0.29) is 5.91 Å². The molecule has 1 N–H and O–H groups in total. The minimum Gasteiger partial charge on any atom is -0.365 e. The van der Waals surface area contributed by atoms with Crippen LogP contribution in [0.3, 0.4) is 0 Å². The van der Waals surface area contributed by atoms with Crippen molar-refractivity contribution < 1.29 is 18.0 Å². The van der Waals surface area contributed by atoms with Gasteiger partial charge in [0.1, 0.15) is 6.54 Å². The molecule has 0 aliphatic carbocycles. The lowest BCUT2D eigenvalue weighted by Crippen LogP contribution is -2.29. The zero-order valence-electron chi connectivity index (χ0n) is 14.4. The minimum absolute atomic E-state index is 0.277.